The molecule has 0 heterocycles. The Morgan fingerprint density at radius 3 is 2.56 bits per heavy atom. The lowest BCUT2D eigenvalue weighted by atomic mass is 9.83. The highest BCUT2D eigenvalue weighted by Crippen LogP contribution is 2.27. The van der Waals surface area contributed by atoms with Gasteiger partial charge in [-0.25, -0.2) is 4.39 Å². The van der Waals surface area contributed by atoms with Gasteiger partial charge in [0.25, 0.3) is 0 Å². The summed E-state index contributed by atoms with van der Waals surface area (Å²) in [6.45, 7) is 2.28. The number of nitriles is 1. The highest BCUT2D eigenvalue weighted by atomic mass is 19.1. The van der Waals surface area contributed by atoms with Gasteiger partial charge < -0.3 is 0 Å². The Bertz CT molecular complexity index is 522. The van der Waals surface area contributed by atoms with Crippen molar-refractivity contribution in [3.8, 4) is 17.9 Å². The van der Waals surface area contributed by atoms with E-state index in [4.69, 9.17) is 5.26 Å². The summed E-state index contributed by atoms with van der Waals surface area (Å²) in [4.78, 5) is 0. The van der Waals surface area contributed by atoms with E-state index in [1.165, 1.54) is 25.0 Å². The molecule has 0 atom stereocenters. The molecule has 0 radical (unpaired) electrons. The summed E-state index contributed by atoms with van der Waals surface area (Å²) in [6.07, 6.45) is 4.77. The summed E-state index contributed by atoms with van der Waals surface area (Å²) in [5.41, 5.74) is 0.733. The van der Waals surface area contributed by atoms with Crippen LogP contribution in [0.4, 0.5) is 4.39 Å². The van der Waals surface area contributed by atoms with Crippen LogP contribution in [0.25, 0.3) is 0 Å². The van der Waals surface area contributed by atoms with Gasteiger partial charge in [-0.3, -0.25) is 0 Å². The molecular weight excluding hydrogens is 225 g/mol. The van der Waals surface area contributed by atoms with Gasteiger partial charge in [0.2, 0.25) is 0 Å². The fourth-order valence-electron chi connectivity index (χ4n) is 2.27. The van der Waals surface area contributed by atoms with Crippen molar-refractivity contribution >= 4 is 0 Å². The molecule has 0 spiro atoms. The van der Waals surface area contributed by atoms with Gasteiger partial charge in [-0.05, 0) is 49.8 Å². The Kier molecular flexibility index (Phi) is 4.00. The van der Waals surface area contributed by atoms with Crippen LogP contribution in [0.3, 0.4) is 0 Å². The third-order valence-corrected chi connectivity index (χ3v) is 3.53. The summed E-state index contributed by atoms with van der Waals surface area (Å²) < 4.78 is 13.4. The second-order valence-electron chi connectivity index (χ2n) is 5.03. The van der Waals surface area contributed by atoms with Gasteiger partial charge in [0, 0.05) is 11.5 Å². The molecule has 0 N–H and O–H groups in total. The van der Waals surface area contributed by atoms with Gasteiger partial charge in [0.1, 0.15) is 11.9 Å². The Morgan fingerprint density at radius 1 is 1.22 bits per heavy atom. The number of halogens is 1. The van der Waals surface area contributed by atoms with Crippen molar-refractivity contribution in [3.63, 3.8) is 0 Å². The number of hydrogen-bond donors (Lipinski definition) is 0. The quantitative estimate of drug-likeness (QED) is 0.632. The smallest absolute Gasteiger partial charge is 0.142 e. The lowest BCUT2D eigenvalue weighted by Gasteiger charge is -2.21. The first-order valence-corrected chi connectivity index (χ1v) is 6.40. The first-order chi connectivity index (χ1) is 8.69. The topological polar surface area (TPSA) is 23.8 Å². The van der Waals surface area contributed by atoms with E-state index in [1.54, 1.807) is 6.07 Å². The molecule has 0 bridgehead atoms. The van der Waals surface area contributed by atoms with Gasteiger partial charge in [0.15, 0.2) is 0 Å². The normalized spacial score (nSPS) is 22.7. The molecule has 2 rings (SSSR count). The molecule has 1 aliphatic carbocycles. The zero-order valence-corrected chi connectivity index (χ0v) is 10.5. The standard InChI is InChI=1S/C16H16FN/c1-12-2-4-13(5-3-12)6-7-14-8-9-15(11-18)16(17)10-14/h8-10,12-13H,2-5H2,1H3/t12-,13-. The average Bonchev–Trinajstić information content (AvgIpc) is 2.38. The SMILES string of the molecule is C[C@H]1CC[C@H](C#Cc2ccc(C#N)c(F)c2)CC1. The van der Waals surface area contributed by atoms with Crippen LogP contribution >= 0.6 is 0 Å². The van der Waals surface area contributed by atoms with E-state index in [2.05, 4.69) is 18.8 Å². The van der Waals surface area contributed by atoms with Gasteiger partial charge in [-0.15, -0.1) is 0 Å². The highest BCUT2D eigenvalue weighted by Gasteiger charge is 2.15. The van der Waals surface area contributed by atoms with Gasteiger partial charge in [-0.1, -0.05) is 18.8 Å². The molecule has 0 aromatic heterocycles. The first-order valence-electron chi connectivity index (χ1n) is 6.40. The van der Waals surface area contributed by atoms with Crippen molar-refractivity contribution in [1.29, 1.82) is 5.26 Å². The summed E-state index contributed by atoms with van der Waals surface area (Å²) in [5, 5.41) is 8.64. The van der Waals surface area contributed by atoms with Crippen LogP contribution in [0.2, 0.25) is 0 Å². The average molecular weight is 241 g/mol. The van der Waals surface area contributed by atoms with E-state index < -0.39 is 5.82 Å². The Morgan fingerprint density at radius 2 is 1.94 bits per heavy atom. The number of hydrogen-bond acceptors (Lipinski definition) is 1. The maximum atomic E-state index is 13.4. The Hall–Kier alpha value is -1.80. The lowest BCUT2D eigenvalue weighted by molar-refractivity contribution is 0.337. The van der Waals surface area contributed by atoms with Crippen molar-refractivity contribution in [3.05, 3.63) is 35.1 Å². The molecular formula is C16H16FN. The molecule has 0 saturated heterocycles. The van der Waals surface area contributed by atoms with Crippen LogP contribution in [-0.4, -0.2) is 0 Å². The minimum absolute atomic E-state index is 0.0760. The molecule has 1 fully saturated rings. The van der Waals surface area contributed by atoms with Crippen molar-refractivity contribution < 1.29 is 4.39 Å². The monoisotopic (exact) mass is 241 g/mol. The maximum Gasteiger partial charge on any atom is 0.142 e. The molecule has 1 nitrogen and oxygen atoms in total. The number of benzene rings is 1. The summed E-state index contributed by atoms with van der Waals surface area (Å²) in [7, 11) is 0. The van der Waals surface area contributed by atoms with E-state index in [1.807, 2.05) is 6.07 Å². The van der Waals surface area contributed by atoms with Gasteiger partial charge in [0.05, 0.1) is 5.56 Å². The summed E-state index contributed by atoms with van der Waals surface area (Å²) >= 11 is 0. The van der Waals surface area contributed by atoms with E-state index in [-0.39, 0.29) is 5.56 Å². The first kappa shape index (κ1) is 12.7. The van der Waals surface area contributed by atoms with Crippen LogP contribution in [-0.2, 0) is 0 Å². The van der Waals surface area contributed by atoms with E-state index >= 15 is 0 Å². The Labute approximate surface area is 108 Å². The zero-order chi connectivity index (χ0) is 13.0. The minimum Gasteiger partial charge on any atom is -0.206 e. The van der Waals surface area contributed by atoms with Crippen molar-refractivity contribution in [1.82, 2.24) is 0 Å². The van der Waals surface area contributed by atoms with Gasteiger partial charge >= 0.3 is 0 Å². The number of rotatable bonds is 0. The molecule has 0 amide bonds. The van der Waals surface area contributed by atoms with Crippen LogP contribution in [0.1, 0.15) is 43.7 Å². The zero-order valence-electron chi connectivity index (χ0n) is 10.5. The molecule has 2 heteroatoms. The molecule has 0 unspecified atom stereocenters. The lowest BCUT2D eigenvalue weighted by Crippen LogP contribution is -2.10. The molecule has 1 aromatic rings. The van der Waals surface area contributed by atoms with Crippen LogP contribution in [0.15, 0.2) is 18.2 Å². The Balaban J connectivity index is 2.06. The largest absolute Gasteiger partial charge is 0.206 e. The van der Waals surface area contributed by atoms with E-state index in [0.717, 1.165) is 18.8 Å². The fraction of sp³-hybridized carbons (Fsp3) is 0.438. The van der Waals surface area contributed by atoms with Gasteiger partial charge in [-0.2, -0.15) is 5.26 Å². The highest BCUT2D eigenvalue weighted by molar-refractivity contribution is 5.41. The van der Waals surface area contributed by atoms with Crippen LogP contribution < -0.4 is 0 Å². The van der Waals surface area contributed by atoms with E-state index in [0.29, 0.717) is 11.5 Å². The van der Waals surface area contributed by atoms with Crippen molar-refractivity contribution in [2.45, 2.75) is 32.6 Å². The van der Waals surface area contributed by atoms with Crippen molar-refractivity contribution in [2.75, 3.05) is 0 Å². The molecule has 0 aliphatic heterocycles. The molecule has 92 valence electrons. The molecule has 1 saturated carbocycles. The molecule has 1 aliphatic rings. The van der Waals surface area contributed by atoms with Crippen LogP contribution in [0, 0.1) is 40.8 Å². The second kappa shape index (κ2) is 5.69. The van der Waals surface area contributed by atoms with Crippen molar-refractivity contribution in [2.24, 2.45) is 11.8 Å². The predicted molar refractivity (Wildman–Crippen MR) is 69.1 cm³/mol. The third kappa shape index (κ3) is 3.11. The predicted octanol–water partition coefficient (Wildman–Crippen LogP) is 3.88. The third-order valence-electron chi connectivity index (χ3n) is 3.53. The van der Waals surface area contributed by atoms with Crippen LogP contribution in [0.5, 0.6) is 0 Å². The summed E-state index contributed by atoms with van der Waals surface area (Å²) in [5.74, 6) is 7.02. The minimum atomic E-state index is -0.485. The van der Waals surface area contributed by atoms with E-state index in [9.17, 15) is 4.39 Å². The molecule has 1 aromatic carbocycles. The molecule has 18 heavy (non-hydrogen) atoms. The number of nitrogens with zero attached hydrogens (tertiary/aromatic N) is 1. The maximum absolute atomic E-state index is 13.4. The fourth-order valence-corrected chi connectivity index (χ4v) is 2.27. The summed E-state index contributed by atoms with van der Waals surface area (Å²) in [6, 6.07) is 6.35. The second-order valence-corrected chi connectivity index (χ2v) is 5.03.